The minimum absolute atomic E-state index is 0.314. The molecule has 0 unspecified atom stereocenters. The Bertz CT molecular complexity index is 626. The van der Waals surface area contributed by atoms with E-state index in [0.29, 0.717) is 18.5 Å². The summed E-state index contributed by atoms with van der Waals surface area (Å²) < 4.78 is 5.91. The maximum Gasteiger partial charge on any atom is 0.190 e. The Morgan fingerprint density at radius 1 is 1.40 bits per heavy atom. The molecule has 0 spiro atoms. The zero-order chi connectivity index (χ0) is 14.1. The van der Waals surface area contributed by atoms with Crippen LogP contribution in [0.5, 0.6) is 0 Å². The van der Waals surface area contributed by atoms with Crippen LogP contribution in [0.3, 0.4) is 0 Å². The highest BCUT2D eigenvalue weighted by molar-refractivity contribution is 7.99. The van der Waals surface area contributed by atoms with Crippen molar-refractivity contribution < 1.29 is 4.74 Å². The van der Waals surface area contributed by atoms with Crippen LogP contribution >= 0.6 is 23.1 Å². The number of anilines is 1. The summed E-state index contributed by atoms with van der Waals surface area (Å²) in [5.41, 5.74) is 7.50. The molecule has 0 saturated heterocycles. The third-order valence-corrected chi connectivity index (χ3v) is 5.34. The third kappa shape index (κ3) is 2.52. The van der Waals surface area contributed by atoms with Crippen molar-refractivity contribution in [3.63, 3.8) is 0 Å². The van der Waals surface area contributed by atoms with Gasteiger partial charge in [-0.25, -0.2) is 9.97 Å². The van der Waals surface area contributed by atoms with Gasteiger partial charge in [0.1, 0.15) is 10.6 Å². The quantitative estimate of drug-likeness (QED) is 0.690. The molecule has 2 N–H and O–H groups in total. The normalized spacial score (nSPS) is 18.4. The number of hydrogen-bond acceptors (Lipinski definition) is 6. The van der Waals surface area contributed by atoms with Crippen LogP contribution in [0.1, 0.15) is 37.1 Å². The van der Waals surface area contributed by atoms with Gasteiger partial charge >= 0.3 is 0 Å². The van der Waals surface area contributed by atoms with Gasteiger partial charge in [-0.2, -0.15) is 0 Å². The maximum atomic E-state index is 6.18. The minimum atomic E-state index is 0.314. The van der Waals surface area contributed by atoms with Crippen LogP contribution in [0, 0.1) is 0 Å². The summed E-state index contributed by atoms with van der Waals surface area (Å²) in [7, 11) is 0. The maximum absolute atomic E-state index is 6.18. The van der Waals surface area contributed by atoms with Crippen molar-refractivity contribution in [1.29, 1.82) is 0 Å². The first-order chi connectivity index (χ1) is 9.72. The first-order valence-corrected chi connectivity index (χ1v) is 8.85. The topological polar surface area (TPSA) is 61.0 Å². The molecule has 3 rings (SSSR count). The molecule has 4 nitrogen and oxygen atoms in total. The van der Waals surface area contributed by atoms with E-state index in [4.69, 9.17) is 10.5 Å². The Balaban J connectivity index is 2.03. The standard InChI is InChI=1S/C14H19N3OS2/c1-3-5-8-6-9-10(7-18-8)20-13-11(9)12(15)16-14(17-13)19-4-2/h8H,3-7H2,1-2H3,(H2,15,16,17)/t8-/m0/s1. The first kappa shape index (κ1) is 14.1. The number of hydrogen-bond donors (Lipinski definition) is 1. The van der Waals surface area contributed by atoms with Gasteiger partial charge in [-0.1, -0.05) is 32.0 Å². The summed E-state index contributed by atoms with van der Waals surface area (Å²) in [5.74, 6) is 1.58. The lowest BCUT2D eigenvalue weighted by Gasteiger charge is -2.22. The molecule has 108 valence electrons. The summed E-state index contributed by atoms with van der Waals surface area (Å²) in [6.07, 6.45) is 3.50. The molecule has 1 aliphatic heterocycles. The predicted molar refractivity (Wildman–Crippen MR) is 85.4 cm³/mol. The Hall–Kier alpha value is -0.850. The van der Waals surface area contributed by atoms with Crippen molar-refractivity contribution in [3.05, 3.63) is 10.4 Å². The molecule has 1 aliphatic rings. The fourth-order valence-corrected chi connectivity index (χ4v) is 4.39. The second-order valence-corrected chi connectivity index (χ2v) is 7.25. The van der Waals surface area contributed by atoms with E-state index in [1.54, 1.807) is 23.1 Å². The molecule has 3 heterocycles. The Kier molecular flexibility index (Phi) is 4.14. The molecule has 6 heteroatoms. The average Bonchev–Trinajstić information content (AvgIpc) is 2.77. The van der Waals surface area contributed by atoms with Gasteiger partial charge in [-0.3, -0.25) is 0 Å². The average molecular weight is 309 g/mol. The fourth-order valence-electron chi connectivity index (χ4n) is 2.63. The van der Waals surface area contributed by atoms with Crippen LogP contribution in [0.2, 0.25) is 0 Å². The molecular formula is C14H19N3OS2. The monoisotopic (exact) mass is 309 g/mol. The van der Waals surface area contributed by atoms with Crippen LogP contribution in [0.25, 0.3) is 10.2 Å². The molecule has 0 aliphatic carbocycles. The smallest absolute Gasteiger partial charge is 0.190 e. The first-order valence-electron chi connectivity index (χ1n) is 7.05. The fraction of sp³-hybridized carbons (Fsp3) is 0.571. The number of nitrogens with two attached hydrogens (primary N) is 1. The van der Waals surface area contributed by atoms with Crippen molar-refractivity contribution >= 4 is 39.1 Å². The highest BCUT2D eigenvalue weighted by Crippen LogP contribution is 2.38. The largest absolute Gasteiger partial charge is 0.383 e. The van der Waals surface area contributed by atoms with Crippen LogP contribution < -0.4 is 5.73 Å². The van der Waals surface area contributed by atoms with E-state index in [-0.39, 0.29) is 0 Å². The zero-order valence-electron chi connectivity index (χ0n) is 11.8. The number of aromatic nitrogens is 2. The zero-order valence-corrected chi connectivity index (χ0v) is 13.4. The van der Waals surface area contributed by atoms with Crippen LogP contribution in [0.4, 0.5) is 5.82 Å². The van der Waals surface area contributed by atoms with Crippen LogP contribution in [0.15, 0.2) is 5.16 Å². The highest BCUT2D eigenvalue weighted by Gasteiger charge is 2.25. The Morgan fingerprint density at radius 2 is 2.25 bits per heavy atom. The van der Waals surface area contributed by atoms with Crippen LogP contribution in [-0.2, 0) is 17.8 Å². The SMILES string of the molecule is CCC[C@H]1Cc2c(sc3nc(SCC)nc(N)c23)CO1. The number of ether oxygens (including phenoxy) is 1. The van der Waals surface area contributed by atoms with E-state index in [9.17, 15) is 0 Å². The van der Waals surface area contributed by atoms with Crippen molar-refractivity contribution in [1.82, 2.24) is 9.97 Å². The molecule has 0 fully saturated rings. The lowest BCUT2D eigenvalue weighted by Crippen LogP contribution is -2.21. The van der Waals surface area contributed by atoms with Crippen molar-refractivity contribution in [2.75, 3.05) is 11.5 Å². The lowest BCUT2D eigenvalue weighted by atomic mass is 10.0. The number of fused-ring (bicyclic) bond motifs is 3. The molecule has 0 amide bonds. The van der Waals surface area contributed by atoms with Gasteiger partial charge in [0.05, 0.1) is 18.1 Å². The summed E-state index contributed by atoms with van der Waals surface area (Å²) in [6, 6.07) is 0. The molecule has 0 bridgehead atoms. The summed E-state index contributed by atoms with van der Waals surface area (Å²) >= 11 is 3.34. The minimum Gasteiger partial charge on any atom is -0.383 e. The molecular weight excluding hydrogens is 290 g/mol. The molecule has 2 aromatic rings. The highest BCUT2D eigenvalue weighted by atomic mass is 32.2. The number of thioether (sulfide) groups is 1. The van der Waals surface area contributed by atoms with Gasteiger partial charge in [0.15, 0.2) is 5.16 Å². The van der Waals surface area contributed by atoms with Gasteiger partial charge < -0.3 is 10.5 Å². The van der Waals surface area contributed by atoms with Gasteiger partial charge in [-0.05, 0) is 17.7 Å². The van der Waals surface area contributed by atoms with E-state index in [1.165, 1.54) is 10.4 Å². The number of rotatable bonds is 4. The van der Waals surface area contributed by atoms with Crippen molar-refractivity contribution in [3.8, 4) is 0 Å². The molecule has 20 heavy (non-hydrogen) atoms. The Morgan fingerprint density at radius 3 is 3.00 bits per heavy atom. The lowest BCUT2D eigenvalue weighted by molar-refractivity contribution is 0.0254. The number of thiophene rings is 1. The van der Waals surface area contributed by atoms with Crippen LogP contribution in [-0.4, -0.2) is 21.8 Å². The molecule has 0 saturated carbocycles. The molecule has 2 aromatic heterocycles. The Labute approximate surface area is 127 Å². The number of nitrogens with zero attached hydrogens (tertiary/aromatic N) is 2. The van der Waals surface area contributed by atoms with E-state index >= 15 is 0 Å². The van der Waals surface area contributed by atoms with Gasteiger partial charge in [0.25, 0.3) is 0 Å². The van der Waals surface area contributed by atoms with Gasteiger partial charge in [-0.15, -0.1) is 11.3 Å². The number of nitrogen functional groups attached to an aromatic ring is 1. The summed E-state index contributed by atoms with van der Waals surface area (Å²) in [5, 5.41) is 1.84. The second-order valence-electron chi connectivity index (χ2n) is 4.93. The third-order valence-electron chi connectivity index (χ3n) is 3.51. The van der Waals surface area contributed by atoms with E-state index in [1.807, 2.05) is 0 Å². The molecule has 0 radical (unpaired) electrons. The van der Waals surface area contributed by atoms with E-state index < -0.39 is 0 Å². The second kappa shape index (κ2) is 5.87. The predicted octanol–water partition coefficient (Wildman–Crippen LogP) is 3.63. The van der Waals surface area contributed by atoms with Crippen molar-refractivity contribution in [2.45, 2.75) is 51.0 Å². The summed E-state index contributed by atoms with van der Waals surface area (Å²) in [4.78, 5) is 11.4. The van der Waals surface area contributed by atoms with E-state index in [2.05, 4.69) is 23.8 Å². The van der Waals surface area contributed by atoms with Gasteiger partial charge in [0.2, 0.25) is 0 Å². The summed E-state index contributed by atoms with van der Waals surface area (Å²) in [6.45, 7) is 4.98. The molecule has 0 aromatic carbocycles. The van der Waals surface area contributed by atoms with Gasteiger partial charge in [0, 0.05) is 11.3 Å². The molecule has 1 atom stereocenters. The van der Waals surface area contributed by atoms with E-state index in [0.717, 1.165) is 40.4 Å². The van der Waals surface area contributed by atoms with Crippen molar-refractivity contribution in [2.24, 2.45) is 0 Å².